The van der Waals surface area contributed by atoms with Gasteiger partial charge in [-0.3, -0.25) is 0 Å². The van der Waals surface area contributed by atoms with E-state index in [2.05, 4.69) is 4.98 Å². The first-order valence-corrected chi connectivity index (χ1v) is 6.68. The van der Waals surface area contributed by atoms with Gasteiger partial charge in [-0.1, -0.05) is 12.1 Å². The molecule has 3 heterocycles. The predicted octanol–water partition coefficient (Wildman–Crippen LogP) is 2.35. The summed E-state index contributed by atoms with van der Waals surface area (Å²) in [6, 6.07) is 11.6. The van der Waals surface area contributed by atoms with Crippen molar-refractivity contribution in [3.05, 3.63) is 65.6 Å². The molecule has 1 aliphatic rings. The maximum atomic E-state index is 10.5. The molecule has 0 fully saturated rings. The van der Waals surface area contributed by atoms with E-state index < -0.39 is 6.10 Å². The van der Waals surface area contributed by atoms with E-state index in [1.807, 2.05) is 53.2 Å². The molecule has 20 heavy (non-hydrogen) atoms. The second-order valence-electron chi connectivity index (χ2n) is 5.00. The second-order valence-corrected chi connectivity index (χ2v) is 5.00. The number of hydrogen-bond acceptors (Lipinski definition) is 3. The monoisotopic (exact) mass is 266 g/mol. The molecule has 100 valence electrons. The van der Waals surface area contributed by atoms with Crippen LogP contribution in [0.15, 0.2) is 48.8 Å². The van der Waals surface area contributed by atoms with Crippen molar-refractivity contribution in [1.82, 2.24) is 9.38 Å². The lowest BCUT2D eigenvalue weighted by Gasteiger charge is -2.09. The van der Waals surface area contributed by atoms with Crippen molar-refractivity contribution in [2.24, 2.45) is 0 Å². The van der Waals surface area contributed by atoms with Gasteiger partial charge in [0.15, 0.2) is 0 Å². The lowest BCUT2D eigenvalue weighted by atomic mass is 10.0. The Bertz CT molecular complexity index is 746. The molecule has 0 saturated carbocycles. The molecule has 1 aromatic carbocycles. The topological polar surface area (TPSA) is 46.8 Å². The number of benzene rings is 1. The number of imidazole rings is 1. The minimum Gasteiger partial charge on any atom is -0.493 e. The van der Waals surface area contributed by atoms with Crippen LogP contribution in [-0.2, 0) is 6.42 Å². The molecule has 0 amide bonds. The third kappa shape index (κ3) is 1.77. The predicted molar refractivity (Wildman–Crippen MR) is 74.9 cm³/mol. The zero-order chi connectivity index (χ0) is 13.5. The average Bonchev–Trinajstić information content (AvgIpc) is 3.11. The van der Waals surface area contributed by atoms with Gasteiger partial charge in [-0.25, -0.2) is 4.98 Å². The van der Waals surface area contributed by atoms with Crippen LogP contribution in [0.4, 0.5) is 0 Å². The first-order chi connectivity index (χ1) is 9.81. The molecule has 1 atom stereocenters. The minimum atomic E-state index is -0.708. The summed E-state index contributed by atoms with van der Waals surface area (Å²) < 4.78 is 7.40. The Hall–Kier alpha value is -2.33. The number of fused-ring (bicyclic) bond motifs is 2. The zero-order valence-corrected chi connectivity index (χ0v) is 10.9. The Morgan fingerprint density at radius 2 is 2.20 bits per heavy atom. The Morgan fingerprint density at radius 1 is 1.25 bits per heavy atom. The molecule has 4 rings (SSSR count). The molecule has 0 spiro atoms. The summed E-state index contributed by atoms with van der Waals surface area (Å²) >= 11 is 0. The Kier molecular flexibility index (Phi) is 2.50. The van der Waals surface area contributed by atoms with Crippen molar-refractivity contribution >= 4 is 5.65 Å². The lowest BCUT2D eigenvalue weighted by molar-refractivity contribution is 0.216. The number of nitrogens with zero attached hydrogens (tertiary/aromatic N) is 2. The summed E-state index contributed by atoms with van der Waals surface area (Å²) in [6.07, 6.45) is 3.99. The number of aliphatic hydroxyl groups is 1. The van der Waals surface area contributed by atoms with Crippen molar-refractivity contribution in [1.29, 1.82) is 0 Å². The Morgan fingerprint density at radius 3 is 3.10 bits per heavy atom. The molecular weight excluding hydrogens is 252 g/mol. The maximum Gasteiger partial charge on any atom is 0.137 e. The fraction of sp³-hybridized carbons (Fsp3) is 0.188. The normalized spacial score (nSPS) is 15.1. The Balaban J connectivity index is 1.74. The molecule has 2 aromatic heterocycles. The van der Waals surface area contributed by atoms with Gasteiger partial charge in [0.2, 0.25) is 0 Å². The molecule has 1 unspecified atom stereocenters. The average molecular weight is 266 g/mol. The van der Waals surface area contributed by atoms with Crippen molar-refractivity contribution in [3.63, 3.8) is 0 Å². The van der Waals surface area contributed by atoms with Crippen LogP contribution in [0.5, 0.6) is 5.75 Å². The number of aromatic nitrogens is 2. The van der Waals surface area contributed by atoms with E-state index >= 15 is 0 Å². The van der Waals surface area contributed by atoms with Gasteiger partial charge < -0.3 is 14.2 Å². The lowest BCUT2D eigenvalue weighted by Crippen LogP contribution is -2.00. The molecule has 4 nitrogen and oxygen atoms in total. The molecule has 0 bridgehead atoms. The number of ether oxygens (including phenoxy) is 1. The molecule has 4 heteroatoms. The summed E-state index contributed by atoms with van der Waals surface area (Å²) in [5.41, 5.74) is 3.52. The third-order valence-electron chi connectivity index (χ3n) is 3.69. The molecule has 1 aliphatic heterocycles. The Labute approximate surface area is 116 Å². The van der Waals surface area contributed by atoms with Crippen LogP contribution in [0.25, 0.3) is 5.65 Å². The smallest absolute Gasteiger partial charge is 0.137 e. The molecule has 0 saturated heterocycles. The summed E-state index contributed by atoms with van der Waals surface area (Å²) in [6.45, 7) is 0.725. The number of rotatable bonds is 2. The van der Waals surface area contributed by atoms with Crippen LogP contribution in [-0.4, -0.2) is 21.1 Å². The van der Waals surface area contributed by atoms with E-state index in [0.717, 1.165) is 35.6 Å². The first-order valence-electron chi connectivity index (χ1n) is 6.68. The second kappa shape index (κ2) is 4.35. The van der Waals surface area contributed by atoms with Crippen molar-refractivity contribution in [2.45, 2.75) is 12.5 Å². The summed E-state index contributed by atoms with van der Waals surface area (Å²) in [7, 11) is 0. The molecule has 0 radical (unpaired) electrons. The number of aliphatic hydroxyl groups excluding tert-OH is 1. The van der Waals surface area contributed by atoms with Gasteiger partial charge in [0.1, 0.15) is 17.5 Å². The molecule has 0 aliphatic carbocycles. The highest BCUT2D eigenvalue weighted by molar-refractivity contribution is 5.44. The highest BCUT2D eigenvalue weighted by Gasteiger charge is 2.18. The molecule has 3 aromatic rings. The summed E-state index contributed by atoms with van der Waals surface area (Å²) in [5.74, 6) is 0.927. The largest absolute Gasteiger partial charge is 0.493 e. The van der Waals surface area contributed by atoms with E-state index in [1.54, 1.807) is 0 Å². The summed E-state index contributed by atoms with van der Waals surface area (Å²) in [5, 5.41) is 10.5. The van der Waals surface area contributed by atoms with E-state index in [-0.39, 0.29) is 0 Å². The van der Waals surface area contributed by atoms with Gasteiger partial charge in [-0.15, -0.1) is 0 Å². The highest BCUT2D eigenvalue weighted by atomic mass is 16.5. The van der Waals surface area contributed by atoms with Crippen LogP contribution >= 0.6 is 0 Å². The zero-order valence-electron chi connectivity index (χ0n) is 10.9. The van der Waals surface area contributed by atoms with Gasteiger partial charge in [-0.2, -0.15) is 0 Å². The van der Waals surface area contributed by atoms with Crippen molar-refractivity contribution < 1.29 is 9.84 Å². The van der Waals surface area contributed by atoms with Crippen LogP contribution in [0.3, 0.4) is 0 Å². The number of hydrogen-bond donors (Lipinski definition) is 1. The first kappa shape index (κ1) is 11.5. The van der Waals surface area contributed by atoms with Crippen molar-refractivity contribution in [3.8, 4) is 5.75 Å². The van der Waals surface area contributed by atoms with Gasteiger partial charge in [-0.05, 0) is 35.4 Å². The van der Waals surface area contributed by atoms with Crippen molar-refractivity contribution in [2.75, 3.05) is 6.61 Å². The van der Waals surface area contributed by atoms with Crippen LogP contribution < -0.4 is 4.74 Å². The van der Waals surface area contributed by atoms with Crippen LogP contribution in [0, 0.1) is 0 Å². The van der Waals surface area contributed by atoms with Gasteiger partial charge in [0.25, 0.3) is 0 Å². The van der Waals surface area contributed by atoms with E-state index in [4.69, 9.17) is 4.74 Å². The van der Waals surface area contributed by atoms with E-state index in [0.29, 0.717) is 5.69 Å². The highest BCUT2D eigenvalue weighted by Crippen LogP contribution is 2.30. The van der Waals surface area contributed by atoms with Gasteiger partial charge >= 0.3 is 0 Å². The van der Waals surface area contributed by atoms with E-state index in [1.165, 1.54) is 0 Å². The van der Waals surface area contributed by atoms with Gasteiger partial charge in [0.05, 0.1) is 12.3 Å². The minimum absolute atomic E-state index is 0.662. The van der Waals surface area contributed by atoms with Crippen LogP contribution in [0.1, 0.15) is 22.9 Å². The molecule has 1 N–H and O–H groups in total. The SMILES string of the molecule is OC(c1ccc2c(c1)CCO2)c1cn2ccccc2n1. The van der Waals surface area contributed by atoms with Gasteiger partial charge in [0, 0.05) is 18.8 Å². The quantitative estimate of drug-likeness (QED) is 0.774. The standard InChI is InChI=1S/C16H14N2O2/c19-16(12-4-5-14-11(9-12)6-8-20-14)13-10-18-7-2-1-3-15(18)17-13/h1-5,7,9-10,16,19H,6,8H2. The fourth-order valence-corrected chi connectivity index (χ4v) is 2.63. The van der Waals surface area contributed by atoms with E-state index in [9.17, 15) is 5.11 Å². The number of pyridine rings is 1. The third-order valence-corrected chi connectivity index (χ3v) is 3.69. The maximum absolute atomic E-state index is 10.5. The summed E-state index contributed by atoms with van der Waals surface area (Å²) in [4.78, 5) is 4.46. The fourth-order valence-electron chi connectivity index (χ4n) is 2.63. The molecular formula is C16H14N2O2. The van der Waals surface area contributed by atoms with Crippen LogP contribution in [0.2, 0.25) is 0 Å².